The summed E-state index contributed by atoms with van der Waals surface area (Å²) >= 11 is 3.28. The van der Waals surface area contributed by atoms with Gasteiger partial charge in [0.25, 0.3) is 5.91 Å². The van der Waals surface area contributed by atoms with E-state index in [-0.39, 0.29) is 22.9 Å². The van der Waals surface area contributed by atoms with Gasteiger partial charge in [0.05, 0.1) is 11.3 Å². The maximum Gasteiger partial charge on any atom is 0.409 e. The van der Waals surface area contributed by atoms with Crippen LogP contribution in [0, 0.1) is 5.82 Å². The predicted octanol–water partition coefficient (Wildman–Crippen LogP) is 4.45. The minimum Gasteiger partial charge on any atom is -0.465 e. The van der Waals surface area contributed by atoms with Gasteiger partial charge in [0.2, 0.25) is 0 Å². The Kier molecular flexibility index (Phi) is 4.45. The van der Waals surface area contributed by atoms with E-state index in [0.717, 1.165) is 0 Å². The summed E-state index contributed by atoms with van der Waals surface area (Å²) in [6, 6.07) is 8.62. The molecule has 0 bridgehead atoms. The normalized spacial score (nSPS) is 10.7. The minimum absolute atomic E-state index is 0.272. The molecule has 1 heterocycles. The van der Waals surface area contributed by atoms with Crippen molar-refractivity contribution in [3.63, 3.8) is 0 Å². The molecule has 0 aliphatic rings. The average molecular weight is 407 g/mol. The van der Waals surface area contributed by atoms with Crippen LogP contribution in [0.5, 0.6) is 0 Å². The Morgan fingerprint density at radius 1 is 1.20 bits per heavy atom. The maximum absolute atomic E-state index is 13.2. The second-order valence-electron chi connectivity index (χ2n) is 5.15. The van der Waals surface area contributed by atoms with E-state index in [1.54, 1.807) is 6.07 Å². The molecule has 128 valence electrons. The van der Waals surface area contributed by atoms with Gasteiger partial charge in [0.1, 0.15) is 17.2 Å². The molecule has 6 nitrogen and oxygen atoms in total. The summed E-state index contributed by atoms with van der Waals surface area (Å²) in [5, 5.41) is 14.2. The number of anilines is 1. The molecule has 0 radical (unpaired) electrons. The fourth-order valence-electron chi connectivity index (χ4n) is 2.48. The van der Waals surface area contributed by atoms with Crippen LogP contribution in [-0.4, -0.2) is 24.2 Å². The second kappa shape index (κ2) is 6.56. The molecular formula is C17H12BrFN2O4. The summed E-state index contributed by atoms with van der Waals surface area (Å²) in [7, 11) is 1.49. The maximum atomic E-state index is 13.2. The van der Waals surface area contributed by atoms with Gasteiger partial charge in [-0.05, 0) is 46.3 Å². The molecule has 3 aromatic rings. The Morgan fingerprint density at radius 3 is 2.48 bits per heavy atom. The third kappa shape index (κ3) is 3.20. The lowest BCUT2D eigenvalue weighted by atomic mass is 10.0. The van der Waals surface area contributed by atoms with Crippen LogP contribution in [0.4, 0.5) is 14.9 Å². The number of halogens is 2. The van der Waals surface area contributed by atoms with Crippen LogP contribution in [-0.2, 0) is 0 Å². The molecule has 0 fully saturated rings. The number of benzene rings is 2. The zero-order chi connectivity index (χ0) is 18.1. The zero-order valence-corrected chi connectivity index (χ0v) is 14.5. The van der Waals surface area contributed by atoms with Crippen molar-refractivity contribution in [2.45, 2.75) is 0 Å². The van der Waals surface area contributed by atoms with Gasteiger partial charge in [-0.15, -0.1) is 0 Å². The SMILES string of the molecule is CNC(=O)c1c(-c2ccc(F)cc2)oc2cc(NC(=O)O)c(Br)cc12. The molecule has 3 rings (SSSR count). The van der Waals surface area contributed by atoms with Gasteiger partial charge < -0.3 is 14.8 Å². The van der Waals surface area contributed by atoms with E-state index in [4.69, 9.17) is 9.52 Å². The van der Waals surface area contributed by atoms with Crippen molar-refractivity contribution in [3.05, 3.63) is 52.3 Å². The number of amides is 2. The van der Waals surface area contributed by atoms with Crippen molar-refractivity contribution in [2.75, 3.05) is 12.4 Å². The Bertz CT molecular complexity index is 982. The van der Waals surface area contributed by atoms with Gasteiger partial charge in [-0.2, -0.15) is 0 Å². The number of carboxylic acid groups (broad SMARTS) is 1. The molecule has 1 aromatic heterocycles. The predicted molar refractivity (Wildman–Crippen MR) is 94.3 cm³/mol. The summed E-state index contributed by atoms with van der Waals surface area (Å²) < 4.78 is 19.4. The van der Waals surface area contributed by atoms with Gasteiger partial charge in [0.15, 0.2) is 0 Å². The number of nitrogens with one attached hydrogen (secondary N) is 2. The topological polar surface area (TPSA) is 91.6 Å². The summed E-state index contributed by atoms with van der Waals surface area (Å²) in [5.41, 5.74) is 1.42. The third-order valence-corrected chi connectivity index (χ3v) is 4.24. The molecule has 2 aromatic carbocycles. The first-order valence-corrected chi connectivity index (χ1v) is 7.94. The number of fused-ring (bicyclic) bond motifs is 1. The lowest BCUT2D eigenvalue weighted by Crippen LogP contribution is -2.18. The van der Waals surface area contributed by atoms with E-state index in [1.165, 1.54) is 37.4 Å². The van der Waals surface area contributed by atoms with E-state index < -0.39 is 11.9 Å². The molecule has 2 amide bonds. The monoisotopic (exact) mass is 406 g/mol. The van der Waals surface area contributed by atoms with Crippen molar-refractivity contribution < 1.29 is 23.5 Å². The smallest absolute Gasteiger partial charge is 0.409 e. The highest BCUT2D eigenvalue weighted by Crippen LogP contribution is 2.38. The standard InChI is InChI=1S/C17H12BrFN2O4/c1-20-16(22)14-10-6-11(18)12(21-17(23)24)7-13(10)25-15(14)8-2-4-9(19)5-3-8/h2-7,21H,1H3,(H,20,22)(H,23,24). The second-order valence-corrected chi connectivity index (χ2v) is 6.00. The first kappa shape index (κ1) is 17.0. The van der Waals surface area contributed by atoms with Gasteiger partial charge in [-0.1, -0.05) is 0 Å². The van der Waals surface area contributed by atoms with Crippen LogP contribution in [0.15, 0.2) is 45.3 Å². The number of hydrogen-bond acceptors (Lipinski definition) is 3. The fraction of sp³-hybridized carbons (Fsp3) is 0.0588. The van der Waals surface area contributed by atoms with Crippen LogP contribution in [0.25, 0.3) is 22.3 Å². The molecule has 25 heavy (non-hydrogen) atoms. The summed E-state index contributed by atoms with van der Waals surface area (Å²) in [4.78, 5) is 23.2. The Hall–Kier alpha value is -2.87. The van der Waals surface area contributed by atoms with E-state index in [0.29, 0.717) is 21.0 Å². The Labute approximate surface area is 149 Å². The van der Waals surface area contributed by atoms with Crippen LogP contribution >= 0.6 is 15.9 Å². The summed E-state index contributed by atoms with van der Waals surface area (Å²) in [5.74, 6) is -0.505. The molecule has 0 atom stereocenters. The fourth-order valence-corrected chi connectivity index (χ4v) is 2.92. The van der Waals surface area contributed by atoms with Crippen LogP contribution in [0.3, 0.4) is 0 Å². The molecule has 0 spiro atoms. The van der Waals surface area contributed by atoms with Crippen molar-refractivity contribution in [2.24, 2.45) is 0 Å². The quantitative estimate of drug-likeness (QED) is 0.598. The number of rotatable bonds is 3. The summed E-state index contributed by atoms with van der Waals surface area (Å²) in [6.45, 7) is 0. The lowest BCUT2D eigenvalue weighted by molar-refractivity contribution is 0.0964. The van der Waals surface area contributed by atoms with Gasteiger partial charge in [-0.25, -0.2) is 9.18 Å². The van der Waals surface area contributed by atoms with Crippen LogP contribution in [0.2, 0.25) is 0 Å². The van der Waals surface area contributed by atoms with E-state index in [9.17, 15) is 14.0 Å². The van der Waals surface area contributed by atoms with E-state index in [1.807, 2.05) is 0 Å². The van der Waals surface area contributed by atoms with Crippen molar-refractivity contribution >= 4 is 44.6 Å². The highest BCUT2D eigenvalue weighted by molar-refractivity contribution is 9.10. The zero-order valence-electron chi connectivity index (χ0n) is 12.9. The molecule has 0 aliphatic carbocycles. The largest absolute Gasteiger partial charge is 0.465 e. The first-order chi connectivity index (χ1) is 11.9. The van der Waals surface area contributed by atoms with Crippen molar-refractivity contribution in [1.29, 1.82) is 0 Å². The van der Waals surface area contributed by atoms with Crippen molar-refractivity contribution in [1.82, 2.24) is 5.32 Å². The molecule has 0 saturated carbocycles. The number of carbonyl (C=O) groups is 2. The number of carbonyl (C=O) groups excluding carboxylic acids is 1. The van der Waals surface area contributed by atoms with Gasteiger partial charge in [-0.3, -0.25) is 10.1 Å². The minimum atomic E-state index is -1.23. The van der Waals surface area contributed by atoms with Crippen LogP contribution < -0.4 is 10.6 Å². The highest BCUT2D eigenvalue weighted by atomic mass is 79.9. The Balaban J connectivity index is 2.26. The molecule has 8 heteroatoms. The molecule has 0 aliphatic heterocycles. The number of furan rings is 1. The van der Waals surface area contributed by atoms with Crippen molar-refractivity contribution in [3.8, 4) is 11.3 Å². The van der Waals surface area contributed by atoms with Gasteiger partial charge in [0, 0.05) is 28.5 Å². The average Bonchev–Trinajstić information content (AvgIpc) is 2.93. The number of hydrogen-bond donors (Lipinski definition) is 3. The highest BCUT2D eigenvalue weighted by Gasteiger charge is 2.23. The first-order valence-electron chi connectivity index (χ1n) is 7.14. The van der Waals surface area contributed by atoms with Crippen LogP contribution in [0.1, 0.15) is 10.4 Å². The molecule has 0 saturated heterocycles. The molecule has 0 unspecified atom stereocenters. The molecular weight excluding hydrogens is 395 g/mol. The van der Waals surface area contributed by atoms with E-state index >= 15 is 0 Å². The molecule has 3 N–H and O–H groups in total. The summed E-state index contributed by atoms with van der Waals surface area (Å²) in [6.07, 6.45) is -1.23. The Morgan fingerprint density at radius 2 is 1.88 bits per heavy atom. The van der Waals surface area contributed by atoms with E-state index in [2.05, 4.69) is 26.6 Å². The van der Waals surface area contributed by atoms with Gasteiger partial charge >= 0.3 is 6.09 Å². The third-order valence-electron chi connectivity index (χ3n) is 3.58. The lowest BCUT2D eigenvalue weighted by Gasteiger charge is -2.04.